The molecule has 0 N–H and O–H groups in total. The van der Waals surface area contributed by atoms with Crippen molar-refractivity contribution in [2.24, 2.45) is 4.99 Å². The Morgan fingerprint density at radius 1 is 1.33 bits per heavy atom. The van der Waals surface area contributed by atoms with Gasteiger partial charge >= 0.3 is 0 Å². The predicted octanol–water partition coefficient (Wildman–Crippen LogP) is 3.65. The fraction of sp³-hybridized carbons (Fsp3) is 0.357. The Balaban J connectivity index is 2.67. The molecule has 0 bridgehead atoms. The highest BCUT2D eigenvalue weighted by Crippen LogP contribution is 2.09. The van der Waals surface area contributed by atoms with Crippen molar-refractivity contribution in [2.75, 3.05) is 0 Å². The van der Waals surface area contributed by atoms with Crippen LogP contribution in [0.1, 0.15) is 25.8 Å². The van der Waals surface area contributed by atoms with Gasteiger partial charge in [-0.05, 0) is 32.3 Å². The van der Waals surface area contributed by atoms with E-state index in [4.69, 9.17) is 0 Å². The van der Waals surface area contributed by atoms with Crippen LogP contribution in [0.4, 0.5) is 0 Å². The van der Waals surface area contributed by atoms with Crippen molar-refractivity contribution in [2.45, 2.75) is 32.7 Å². The Hall–Kier alpha value is -1.37. The summed E-state index contributed by atoms with van der Waals surface area (Å²) in [6.45, 7) is 7.87. The Kier molecular flexibility index (Phi) is 4.82. The predicted molar refractivity (Wildman–Crippen MR) is 67.5 cm³/mol. The van der Waals surface area contributed by atoms with Gasteiger partial charge in [0.05, 0.1) is 6.04 Å². The zero-order chi connectivity index (χ0) is 11.1. The minimum atomic E-state index is 0.342. The first-order valence-electron chi connectivity index (χ1n) is 5.38. The van der Waals surface area contributed by atoms with E-state index in [0.29, 0.717) is 6.04 Å². The maximum Gasteiger partial charge on any atom is 0.0573 e. The Bertz CT molecular complexity index is 320. The van der Waals surface area contributed by atoms with Crippen LogP contribution >= 0.6 is 0 Å². The molecule has 0 aliphatic carbocycles. The Morgan fingerprint density at radius 3 is 2.53 bits per heavy atom. The van der Waals surface area contributed by atoms with Crippen LogP contribution in [0.15, 0.2) is 48.0 Å². The van der Waals surface area contributed by atoms with Crippen molar-refractivity contribution in [1.29, 1.82) is 0 Å². The third kappa shape index (κ3) is 4.59. The first-order valence-corrected chi connectivity index (χ1v) is 5.38. The van der Waals surface area contributed by atoms with E-state index < -0.39 is 0 Å². The molecule has 1 atom stereocenters. The molecule has 1 heteroatoms. The van der Waals surface area contributed by atoms with E-state index >= 15 is 0 Å². The molecule has 0 radical (unpaired) electrons. The summed E-state index contributed by atoms with van der Waals surface area (Å²) in [5.74, 6) is 0. The summed E-state index contributed by atoms with van der Waals surface area (Å²) in [6, 6.07) is 10.8. The second-order valence-electron chi connectivity index (χ2n) is 3.94. The van der Waals surface area contributed by atoms with Gasteiger partial charge in [0, 0.05) is 5.71 Å². The van der Waals surface area contributed by atoms with Crippen LogP contribution in [0.2, 0.25) is 0 Å². The number of nitrogens with zero attached hydrogens (tertiary/aromatic N) is 1. The van der Waals surface area contributed by atoms with Crippen LogP contribution in [0.3, 0.4) is 0 Å². The molecule has 0 spiro atoms. The lowest BCUT2D eigenvalue weighted by atomic mass is 10.0. The van der Waals surface area contributed by atoms with E-state index in [-0.39, 0.29) is 0 Å². The molecule has 0 aliphatic rings. The summed E-state index contributed by atoms with van der Waals surface area (Å²) in [7, 11) is 0. The fourth-order valence-corrected chi connectivity index (χ4v) is 1.63. The van der Waals surface area contributed by atoms with Crippen molar-refractivity contribution < 1.29 is 0 Å². The molecular weight excluding hydrogens is 182 g/mol. The van der Waals surface area contributed by atoms with E-state index in [1.807, 2.05) is 26.0 Å². The second kappa shape index (κ2) is 6.18. The zero-order valence-electron chi connectivity index (χ0n) is 9.61. The number of hydrogen-bond donors (Lipinski definition) is 0. The molecule has 0 heterocycles. The zero-order valence-corrected chi connectivity index (χ0v) is 9.61. The monoisotopic (exact) mass is 201 g/mol. The molecule has 1 aromatic carbocycles. The topological polar surface area (TPSA) is 12.4 Å². The number of rotatable bonds is 5. The molecule has 1 rings (SSSR count). The van der Waals surface area contributed by atoms with E-state index in [2.05, 4.69) is 35.8 Å². The van der Waals surface area contributed by atoms with Crippen molar-refractivity contribution in [3.63, 3.8) is 0 Å². The van der Waals surface area contributed by atoms with E-state index in [0.717, 1.165) is 18.6 Å². The van der Waals surface area contributed by atoms with E-state index in [1.165, 1.54) is 5.56 Å². The van der Waals surface area contributed by atoms with Crippen LogP contribution in [-0.4, -0.2) is 11.8 Å². The maximum atomic E-state index is 4.61. The lowest BCUT2D eigenvalue weighted by Gasteiger charge is -2.10. The summed E-state index contributed by atoms with van der Waals surface area (Å²) < 4.78 is 0. The highest BCUT2D eigenvalue weighted by atomic mass is 14.8. The largest absolute Gasteiger partial charge is 0.291 e. The molecule has 0 amide bonds. The van der Waals surface area contributed by atoms with Crippen LogP contribution < -0.4 is 0 Å². The Labute approximate surface area is 92.6 Å². The van der Waals surface area contributed by atoms with E-state index in [1.54, 1.807) is 0 Å². The Morgan fingerprint density at radius 2 is 2.00 bits per heavy atom. The molecule has 1 nitrogen and oxygen atoms in total. The third-order valence-electron chi connectivity index (χ3n) is 2.19. The number of aliphatic imine (C=N–C) groups is 1. The van der Waals surface area contributed by atoms with Crippen LogP contribution in [0.5, 0.6) is 0 Å². The molecule has 0 aromatic heterocycles. The summed E-state index contributed by atoms with van der Waals surface area (Å²) in [5.41, 5.74) is 2.48. The van der Waals surface area contributed by atoms with Gasteiger partial charge in [0.25, 0.3) is 0 Å². The molecule has 0 fully saturated rings. The van der Waals surface area contributed by atoms with Crippen LogP contribution in [0, 0.1) is 0 Å². The standard InChI is InChI=1S/C14H19N/c1-4-8-14(15-12(2)3)11-13-9-6-5-7-10-13/h4-7,9-10,14H,1,8,11H2,2-3H3/t14-/m0/s1. The number of benzene rings is 1. The molecule has 0 saturated heterocycles. The van der Waals surface area contributed by atoms with Crippen molar-refractivity contribution in [3.05, 3.63) is 48.6 Å². The minimum absolute atomic E-state index is 0.342. The average Bonchev–Trinajstić information content (AvgIpc) is 2.18. The van der Waals surface area contributed by atoms with Crippen molar-refractivity contribution >= 4 is 5.71 Å². The summed E-state index contributed by atoms with van der Waals surface area (Å²) >= 11 is 0. The first-order chi connectivity index (χ1) is 7.22. The molecule has 80 valence electrons. The van der Waals surface area contributed by atoms with Gasteiger partial charge in [-0.25, -0.2) is 0 Å². The molecule has 0 saturated carbocycles. The van der Waals surface area contributed by atoms with E-state index in [9.17, 15) is 0 Å². The van der Waals surface area contributed by atoms with Gasteiger partial charge < -0.3 is 0 Å². The summed E-state index contributed by atoms with van der Waals surface area (Å²) in [5, 5.41) is 0. The highest BCUT2D eigenvalue weighted by Gasteiger charge is 2.05. The summed E-state index contributed by atoms with van der Waals surface area (Å²) in [6.07, 6.45) is 3.89. The second-order valence-corrected chi connectivity index (χ2v) is 3.94. The average molecular weight is 201 g/mol. The van der Waals surface area contributed by atoms with Crippen molar-refractivity contribution in [3.8, 4) is 0 Å². The summed E-state index contributed by atoms with van der Waals surface area (Å²) in [4.78, 5) is 4.61. The SMILES string of the molecule is C=CC[C@@H](Cc1ccccc1)N=C(C)C. The minimum Gasteiger partial charge on any atom is -0.291 e. The normalized spacial score (nSPS) is 11.9. The molecule has 0 unspecified atom stereocenters. The smallest absolute Gasteiger partial charge is 0.0573 e. The molecular formula is C14H19N. The van der Waals surface area contributed by atoms with Crippen LogP contribution in [0.25, 0.3) is 0 Å². The highest BCUT2D eigenvalue weighted by molar-refractivity contribution is 5.79. The third-order valence-corrected chi connectivity index (χ3v) is 2.19. The first kappa shape index (κ1) is 11.7. The molecule has 0 aliphatic heterocycles. The quantitative estimate of drug-likeness (QED) is 0.509. The molecule has 15 heavy (non-hydrogen) atoms. The van der Waals surface area contributed by atoms with Gasteiger partial charge in [0.1, 0.15) is 0 Å². The van der Waals surface area contributed by atoms with Gasteiger partial charge in [0.2, 0.25) is 0 Å². The molecule has 1 aromatic rings. The fourth-order valence-electron chi connectivity index (χ4n) is 1.63. The van der Waals surface area contributed by atoms with Gasteiger partial charge in [-0.3, -0.25) is 4.99 Å². The van der Waals surface area contributed by atoms with Gasteiger partial charge in [-0.15, -0.1) is 6.58 Å². The lowest BCUT2D eigenvalue weighted by Crippen LogP contribution is -2.09. The van der Waals surface area contributed by atoms with Gasteiger partial charge in [0.15, 0.2) is 0 Å². The van der Waals surface area contributed by atoms with Gasteiger partial charge in [-0.2, -0.15) is 0 Å². The number of hydrogen-bond acceptors (Lipinski definition) is 1. The van der Waals surface area contributed by atoms with Gasteiger partial charge in [-0.1, -0.05) is 36.4 Å². The maximum absolute atomic E-state index is 4.61. The lowest BCUT2D eigenvalue weighted by molar-refractivity contribution is 0.681. The van der Waals surface area contributed by atoms with Crippen molar-refractivity contribution in [1.82, 2.24) is 0 Å². The van der Waals surface area contributed by atoms with Crippen LogP contribution in [-0.2, 0) is 6.42 Å².